The van der Waals surface area contributed by atoms with E-state index in [-0.39, 0.29) is 0 Å². The Hall–Kier alpha value is -2.84. The molecule has 124 valence electrons. The highest BCUT2D eigenvalue weighted by molar-refractivity contribution is 5.29. The molecule has 4 heterocycles. The van der Waals surface area contributed by atoms with Crippen LogP contribution < -0.4 is 4.90 Å². The van der Waals surface area contributed by atoms with Crippen LogP contribution in [-0.2, 0) is 13.6 Å². The molecule has 1 aliphatic rings. The molecule has 9 nitrogen and oxygen atoms in total. The van der Waals surface area contributed by atoms with Crippen molar-refractivity contribution in [3.63, 3.8) is 0 Å². The fourth-order valence-corrected chi connectivity index (χ4v) is 3.12. The summed E-state index contributed by atoms with van der Waals surface area (Å²) >= 11 is 0. The molecular weight excluding hydrogens is 306 g/mol. The van der Waals surface area contributed by atoms with Gasteiger partial charge in [-0.3, -0.25) is 0 Å². The minimum atomic E-state index is 0.409. The summed E-state index contributed by atoms with van der Waals surface area (Å²) in [6, 6.07) is 1.84. The Kier molecular flexibility index (Phi) is 3.89. The maximum Gasteiger partial charge on any atom is 0.225 e. The van der Waals surface area contributed by atoms with E-state index in [1.807, 2.05) is 13.1 Å². The number of hydrogen-bond acceptors (Lipinski definition) is 7. The van der Waals surface area contributed by atoms with Crippen LogP contribution in [0.4, 0.5) is 5.95 Å². The van der Waals surface area contributed by atoms with Gasteiger partial charge in [0, 0.05) is 38.4 Å². The Morgan fingerprint density at radius 2 is 1.92 bits per heavy atom. The van der Waals surface area contributed by atoms with E-state index in [4.69, 9.17) is 0 Å². The average molecular weight is 325 g/mol. The van der Waals surface area contributed by atoms with Crippen LogP contribution in [0.25, 0.3) is 0 Å². The van der Waals surface area contributed by atoms with Crippen molar-refractivity contribution in [3.05, 3.63) is 42.8 Å². The quantitative estimate of drug-likeness (QED) is 0.695. The summed E-state index contributed by atoms with van der Waals surface area (Å²) in [4.78, 5) is 14.8. The van der Waals surface area contributed by atoms with E-state index in [0.29, 0.717) is 12.5 Å². The number of hydrogen-bond donors (Lipinski definition) is 0. The molecule has 0 aromatic carbocycles. The summed E-state index contributed by atoms with van der Waals surface area (Å²) in [6.45, 7) is 2.44. The van der Waals surface area contributed by atoms with Crippen LogP contribution >= 0.6 is 0 Å². The summed E-state index contributed by atoms with van der Waals surface area (Å²) in [5.41, 5.74) is 0. The number of piperidine rings is 1. The zero-order valence-corrected chi connectivity index (χ0v) is 13.5. The van der Waals surface area contributed by atoms with Gasteiger partial charge >= 0.3 is 0 Å². The second-order valence-electron chi connectivity index (χ2n) is 5.94. The van der Waals surface area contributed by atoms with E-state index < -0.39 is 0 Å². The summed E-state index contributed by atoms with van der Waals surface area (Å²) < 4.78 is 3.84. The molecule has 0 aliphatic carbocycles. The summed E-state index contributed by atoms with van der Waals surface area (Å²) in [7, 11) is 2.02. The van der Waals surface area contributed by atoms with E-state index in [9.17, 15) is 0 Å². The van der Waals surface area contributed by atoms with Gasteiger partial charge in [0.1, 0.15) is 25.0 Å². The normalized spacial score (nSPS) is 15.8. The third-order valence-electron chi connectivity index (χ3n) is 4.46. The first-order valence-corrected chi connectivity index (χ1v) is 8.04. The highest BCUT2D eigenvalue weighted by Crippen LogP contribution is 2.28. The Labute approximate surface area is 139 Å². The van der Waals surface area contributed by atoms with Crippen molar-refractivity contribution in [2.24, 2.45) is 7.05 Å². The van der Waals surface area contributed by atoms with Crippen LogP contribution in [0.5, 0.6) is 0 Å². The molecule has 4 rings (SSSR count). The highest BCUT2D eigenvalue weighted by Gasteiger charge is 2.26. The zero-order valence-electron chi connectivity index (χ0n) is 13.5. The van der Waals surface area contributed by atoms with Crippen molar-refractivity contribution < 1.29 is 0 Å². The lowest BCUT2D eigenvalue weighted by Crippen LogP contribution is -2.34. The zero-order chi connectivity index (χ0) is 16.4. The Morgan fingerprint density at radius 3 is 2.62 bits per heavy atom. The molecule has 0 unspecified atom stereocenters. The minimum Gasteiger partial charge on any atom is -0.341 e. The molecule has 0 N–H and O–H groups in total. The van der Waals surface area contributed by atoms with Crippen LogP contribution in [0.15, 0.2) is 31.1 Å². The molecule has 3 aromatic rings. The number of anilines is 1. The monoisotopic (exact) mass is 325 g/mol. The molecule has 24 heavy (non-hydrogen) atoms. The molecule has 0 radical (unpaired) electrons. The van der Waals surface area contributed by atoms with Gasteiger partial charge in [0.15, 0.2) is 5.82 Å². The van der Waals surface area contributed by atoms with Crippen molar-refractivity contribution in [3.8, 4) is 0 Å². The van der Waals surface area contributed by atoms with E-state index >= 15 is 0 Å². The first-order chi connectivity index (χ1) is 11.8. The standard InChI is InChI=1S/C15H19N9/c1-22-13(9-24-11-16-10-19-24)20-21-14(22)12-3-7-23(8-4-12)15-17-5-2-6-18-15/h2,5-6,10-12H,3-4,7-9H2,1H3. The van der Waals surface area contributed by atoms with Crippen LogP contribution in [-0.4, -0.2) is 52.6 Å². The van der Waals surface area contributed by atoms with Gasteiger partial charge in [-0.25, -0.2) is 19.6 Å². The first-order valence-electron chi connectivity index (χ1n) is 8.04. The van der Waals surface area contributed by atoms with Crippen molar-refractivity contribution in [1.82, 2.24) is 39.5 Å². The largest absolute Gasteiger partial charge is 0.341 e. The predicted molar refractivity (Wildman–Crippen MR) is 86.3 cm³/mol. The summed E-state index contributed by atoms with van der Waals surface area (Å²) in [5.74, 6) is 3.15. The molecule has 3 aromatic heterocycles. The molecule has 0 bridgehead atoms. The van der Waals surface area contributed by atoms with Gasteiger partial charge in [-0.15, -0.1) is 10.2 Å². The molecule has 0 atom stereocenters. The summed E-state index contributed by atoms with van der Waals surface area (Å²) in [5, 5.41) is 12.9. The number of rotatable bonds is 4. The van der Waals surface area contributed by atoms with Crippen molar-refractivity contribution >= 4 is 5.95 Å². The SMILES string of the molecule is Cn1c(Cn2cncn2)nnc1C1CCN(c2ncccn2)CC1. The molecule has 1 saturated heterocycles. The maximum absolute atomic E-state index is 4.42. The van der Waals surface area contributed by atoms with E-state index in [1.54, 1.807) is 23.4 Å². The second-order valence-corrected chi connectivity index (χ2v) is 5.94. The van der Waals surface area contributed by atoms with E-state index in [1.165, 1.54) is 6.33 Å². The number of aromatic nitrogens is 8. The number of nitrogens with zero attached hydrogens (tertiary/aromatic N) is 9. The van der Waals surface area contributed by atoms with Crippen molar-refractivity contribution in [2.75, 3.05) is 18.0 Å². The molecule has 0 amide bonds. The maximum atomic E-state index is 4.42. The molecule has 1 fully saturated rings. The Bertz CT molecular complexity index is 773. The van der Waals surface area contributed by atoms with Gasteiger partial charge in [0.25, 0.3) is 0 Å². The lowest BCUT2D eigenvalue weighted by Gasteiger charge is -2.31. The Morgan fingerprint density at radius 1 is 1.12 bits per heavy atom. The van der Waals surface area contributed by atoms with Crippen LogP contribution in [0.3, 0.4) is 0 Å². The third-order valence-corrected chi connectivity index (χ3v) is 4.46. The van der Waals surface area contributed by atoms with Crippen molar-refractivity contribution in [2.45, 2.75) is 25.3 Å². The molecule has 0 spiro atoms. The van der Waals surface area contributed by atoms with Gasteiger partial charge < -0.3 is 9.47 Å². The van der Waals surface area contributed by atoms with Gasteiger partial charge in [0.05, 0.1) is 0 Å². The van der Waals surface area contributed by atoms with Crippen LogP contribution in [0, 0.1) is 0 Å². The smallest absolute Gasteiger partial charge is 0.225 e. The summed E-state index contributed by atoms with van der Waals surface area (Å²) in [6.07, 6.45) is 8.83. The Balaban J connectivity index is 1.43. The molecule has 0 saturated carbocycles. The van der Waals surface area contributed by atoms with E-state index in [2.05, 4.69) is 39.7 Å². The molecule has 1 aliphatic heterocycles. The fourth-order valence-electron chi connectivity index (χ4n) is 3.12. The molecule has 9 heteroatoms. The first kappa shape index (κ1) is 14.7. The lowest BCUT2D eigenvalue weighted by atomic mass is 9.96. The van der Waals surface area contributed by atoms with Crippen molar-refractivity contribution in [1.29, 1.82) is 0 Å². The minimum absolute atomic E-state index is 0.409. The van der Waals surface area contributed by atoms with Gasteiger partial charge in [-0.05, 0) is 18.9 Å². The van der Waals surface area contributed by atoms with Gasteiger partial charge in [0.2, 0.25) is 5.95 Å². The molecular formula is C15H19N9. The van der Waals surface area contributed by atoms with E-state index in [0.717, 1.165) is 43.5 Å². The lowest BCUT2D eigenvalue weighted by molar-refractivity contribution is 0.467. The predicted octanol–water partition coefficient (Wildman–Crippen LogP) is 0.629. The topological polar surface area (TPSA) is 90.4 Å². The highest BCUT2D eigenvalue weighted by atomic mass is 15.4. The van der Waals surface area contributed by atoms with Crippen LogP contribution in [0.1, 0.15) is 30.4 Å². The van der Waals surface area contributed by atoms with Gasteiger partial charge in [-0.1, -0.05) is 0 Å². The second kappa shape index (κ2) is 6.34. The third kappa shape index (κ3) is 2.84. The fraction of sp³-hybridized carbons (Fsp3) is 0.467. The average Bonchev–Trinajstić information content (AvgIpc) is 3.27. The van der Waals surface area contributed by atoms with Gasteiger partial charge in [-0.2, -0.15) is 5.10 Å². The van der Waals surface area contributed by atoms with Crippen LogP contribution in [0.2, 0.25) is 0 Å².